The van der Waals surface area contributed by atoms with Gasteiger partial charge in [-0.2, -0.15) is 0 Å². The summed E-state index contributed by atoms with van der Waals surface area (Å²) in [6.07, 6.45) is 0. The van der Waals surface area contributed by atoms with Crippen molar-refractivity contribution in [1.29, 1.82) is 0 Å². The lowest BCUT2D eigenvalue weighted by molar-refractivity contribution is 0.0997. The number of carbonyl (C=O) groups excluding carboxylic acids is 2. The van der Waals surface area contributed by atoms with Crippen LogP contribution in [0.3, 0.4) is 0 Å². The van der Waals surface area contributed by atoms with Crippen molar-refractivity contribution in [1.82, 2.24) is 0 Å². The minimum absolute atomic E-state index is 0.118. The number of anilines is 4. The van der Waals surface area contributed by atoms with Gasteiger partial charge in [0.05, 0.1) is 32.7 Å². The number of para-hydroxylation sites is 3. The molecule has 5 rings (SSSR count). The number of carbonyl (C=O) groups is 2. The smallest absolute Gasteiger partial charge is 0.262 e. The molecule has 0 spiro atoms. The van der Waals surface area contributed by atoms with Crippen molar-refractivity contribution in [3.8, 4) is 0 Å². The van der Waals surface area contributed by atoms with Crippen LogP contribution in [0.1, 0.15) is 26.3 Å². The Kier molecular flexibility index (Phi) is 6.39. The Morgan fingerprint density at radius 3 is 2.29 bits per heavy atom. The van der Waals surface area contributed by atoms with Gasteiger partial charge in [0.2, 0.25) is 0 Å². The molecular weight excluding hydrogens is 505 g/mol. The Morgan fingerprint density at radius 2 is 1.51 bits per heavy atom. The van der Waals surface area contributed by atoms with Gasteiger partial charge in [0.15, 0.2) is 0 Å². The summed E-state index contributed by atoms with van der Waals surface area (Å²) >= 11 is 18.2. The lowest BCUT2D eigenvalue weighted by Crippen LogP contribution is -2.26. The molecular formula is C27H18Cl3N3O2. The van der Waals surface area contributed by atoms with E-state index in [0.29, 0.717) is 22.8 Å². The van der Waals surface area contributed by atoms with Gasteiger partial charge in [-0.15, -0.1) is 0 Å². The second-order valence-corrected chi connectivity index (χ2v) is 9.14. The van der Waals surface area contributed by atoms with Crippen molar-refractivity contribution in [2.75, 3.05) is 15.5 Å². The Bertz CT molecular complexity index is 1410. The molecule has 0 saturated carbocycles. The fourth-order valence-electron chi connectivity index (χ4n) is 3.98. The first kappa shape index (κ1) is 23.2. The number of nitrogens with zero attached hydrogens (tertiary/aromatic N) is 1. The predicted molar refractivity (Wildman–Crippen MR) is 143 cm³/mol. The van der Waals surface area contributed by atoms with E-state index < -0.39 is 5.91 Å². The van der Waals surface area contributed by atoms with Crippen LogP contribution in [0.4, 0.5) is 22.7 Å². The van der Waals surface area contributed by atoms with Gasteiger partial charge in [-0.3, -0.25) is 14.5 Å². The molecule has 174 valence electrons. The van der Waals surface area contributed by atoms with Crippen molar-refractivity contribution < 1.29 is 9.59 Å². The molecule has 4 aromatic rings. The number of hydrogen-bond donors (Lipinski definition) is 2. The van der Waals surface area contributed by atoms with Gasteiger partial charge in [0.25, 0.3) is 11.8 Å². The third-order valence-electron chi connectivity index (χ3n) is 5.68. The molecule has 2 N–H and O–H groups in total. The number of hydrogen-bond acceptors (Lipinski definition) is 3. The zero-order chi connectivity index (χ0) is 24.5. The van der Waals surface area contributed by atoms with Crippen LogP contribution in [0.2, 0.25) is 15.1 Å². The zero-order valence-corrected chi connectivity index (χ0v) is 20.5. The van der Waals surface area contributed by atoms with E-state index in [4.69, 9.17) is 34.8 Å². The molecule has 0 unspecified atom stereocenters. The number of fused-ring (bicyclic) bond motifs is 2. The molecule has 0 atom stereocenters. The topological polar surface area (TPSA) is 61.4 Å². The Balaban J connectivity index is 1.44. The molecule has 0 aliphatic carbocycles. The average molecular weight is 523 g/mol. The van der Waals surface area contributed by atoms with Crippen molar-refractivity contribution in [2.24, 2.45) is 0 Å². The van der Waals surface area contributed by atoms with Gasteiger partial charge in [-0.05, 0) is 60.2 Å². The second-order valence-electron chi connectivity index (χ2n) is 7.92. The van der Waals surface area contributed by atoms with Crippen LogP contribution in [0.25, 0.3) is 0 Å². The summed E-state index contributed by atoms with van der Waals surface area (Å²) in [5.41, 5.74) is 4.60. The van der Waals surface area contributed by atoms with E-state index in [1.54, 1.807) is 29.2 Å². The molecule has 4 aromatic carbocycles. The number of rotatable bonds is 3. The number of halogens is 3. The summed E-state index contributed by atoms with van der Waals surface area (Å²) in [4.78, 5) is 28.2. The largest absolute Gasteiger partial charge is 0.379 e. The third kappa shape index (κ3) is 4.58. The fourth-order valence-corrected chi connectivity index (χ4v) is 4.67. The SMILES string of the molecule is O=C(Nc1ccc(C(=O)N2c3ccccc3CNc3ccccc32)cc1)c1cc(Cl)cc(Cl)c1Cl. The van der Waals surface area contributed by atoms with Gasteiger partial charge in [-0.25, -0.2) is 0 Å². The summed E-state index contributed by atoms with van der Waals surface area (Å²) in [7, 11) is 0. The molecule has 0 saturated heterocycles. The van der Waals surface area contributed by atoms with E-state index in [2.05, 4.69) is 10.6 Å². The van der Waals surface area contributed by atoms with Gasteiger partial charge in [-0.1, -0.05) is 65.1 Å². The highest BCUT2D eigenvalue weighted by Gasteiger charge is 2.26. The number of benzene rings is 4. The van der Waals surface area contributed by atoms with Gasteiger partial charge < -0.3 is 10.6 Å². The normalized spacial score (nSPS) is 12.1. The number of amides is 2. The minimum Gasteiger partial charge on any atom is -0.379 e. The van der Waals surface area contributed by atoms with Crippen molar-refractivity contribution in [3.63, 3.8) is 0 Å². The van der Waals surface area contributed by atoms with Crippen LogP contribution in [0.5, 0.6) is 0 Å². The maximum atomic E-state index is 13.7. The maximum Gasteiger partial charge on any atom is 0.262 e. The van der Waals surface area contributed by atoms with Crippen LogP contribution in [0.15, 0.2) is 84.9 Å². The summed E-state index contributed by atoms with van der Waals surface area (Å²) in [6, 6.07) is 25.1. The Morgan fingerprint density at radius 1 is 0.829 bits per heavy atom. The van der Waals surface area contributed by atoms with Crippen LogP contribution >= 0.6 is 34.8 Å². The molecule has 8 heteroatoms. The van der Waals surface area contributed by atoms with Crippen LogP contribution < -0.4 is 15.5 Å². The highest BCUT2D eigenvalue weighted by atomic mass is 35.5. The van der Waals surface area contributed by atoms with Crippen molar-refractivity contribution >= 4 is 69.4 Å². The standard InChI is InChI=1S/C27H18Cl3N3O2/c28-18-13-20(25(30)21(29)14-18)26(34)32-19-11-9-16(10-12-19)27(35)33-23-7-3-1-5-17(23)15-31-22-6-2-4-8-24(22)33/h1-14,31H,15H2,(H,32,34). The molecule has 0 fully saturated rings. The van der Waals surface area contributed by atoms with E-state index in [-0.39, 0.29) is 21.5 Å². The van der Waals surface area contributed by atoms with Gasteiger partial charge >= 0.3 is 0 Å². The highest BCUT2D eigenvalue weighted by Crippen LogP contribution is 2.38. The van der Waals surface area contributed by atoms with Crippen molar-refractivity contribution in [2.45, 2.75) is 6.54 Å². The second kappa shape index (κ2) is 9.62. The summed E-state index contributed by atoms with van der Waals surface area (Å²) in [5.74, 6) is -0.643. The molecule has 1 aliphatic heterocycles. The molecule has 5 nitrogen and oxygen atoms in total. The fraction of sp³-hybridized carbons (Fsp3) is 0.0370. The number of nitrogens with one attached hydrogen (secondary N) is 2. The quantitative estimate of drug-likeness (QED) is 0.270. The van der Waals surface area contributed by atoms with E-state index in [0.717, 1.165) is 22.6 Å². The van der Waals surface area contributed by atoms with Crippen LogP contribution in [-0.2, 0) is 6.54 Å². The molecule has 35 heavy (non-hydrogen) atoms. The van der Waals surface area contributed by atoms with E-state index in [1.807, 2.05) is 48.5 Å². The maximum absolute atomic E-state index is 13.7. The molecule has 0 aromatic heterocycles. The first-order chi connectivity index (χ1) is 16.9. The average Bonchev–Trinajstić information content (AvgIpc) is 3.03. The summed E-state index contributed by atoms with van der Waals surface area (Å²) in [6.45, 7) is 0.609. The van der Waals surface area contributed by atoms with Crippen molar-refractivity contribution in [3.05, 3.63) is 117 Å². The lowest BCUT2D eigenvalue weighted by Gasteiger charge is -2.24. The predicted octanol–water partition coefficient (Wildman–Crippen LogP) is 7.80. The molecule has 0 radical (unpaired) electrons. The molecule has 1 aliphatic rings. The molecule has 1 heterocycles. The zero-order valence-electron chi connectivity index (χ0n) is 18.2. The molecule has 2 amide bonds. The van der Waals surface area contributed by atoms with Crippen LogP contribution in [-0.4, -0.2) is 11.8 Å². The Hall–Kier alpha value is -3.51. The summed E-state index contributed by atoms with van der Waals surface area (Å²) < 4.78 is 0. The lowest BCUT2D eigenvalue weighted by atomic mass is 10.1. The van der Waals surface area contributed by atoms with Crippen LogP contribution in [0, 0.1) is 0 Å². The first-order valence-corrected chi connectivity index (χ1v) is 11.9. The van der Waals surface area contributed by atoms with E-state index in [9.17, 15) is 9.59 Å². The highest BCUT2D eigenvalue weighted by molar-refractivity contribution is 6.45. The third-order valence-corrected chi connectivity index (χ3v) is 6.70. The first-order valence-electron chi connectivity index (χ1n) is 10.7. The van der Waals surface area contributed by atoms with E-state index in [1.165, 1.54) is 12.1 Å². The van der Waals surface area contributed by atoms with Gasteiger partial charge in [0, 0.05) is 22.8 Å². The van der Waals surface area contributed by atoms with E-state index >= 15 is 0 Å². The summed E-state index contributed by atoms with van der Waals surface area (Å²) in [5, 5.41) is 6.78. The Labute approximate surface area is 217 Å². The minimum atomic E-state index is -0.458. The monoisotopic (exact) mass is 521 g/mol. The van der Waals surface area contributed by atoms with Gasteiger partial charge in [0.1, 0.15) is 0 Å². The molecule has 0 bridgehead atoms.